The van der Waals surface area contributed by atoms with Crippen LogP contribution in [0.1, 0.15) is 24.8 Å². The van der Waals surface area contributed by atoms with Crippen molar-refractivity contribution in [1.82, 2.24) is 9.55 Å². The third-order valence-corrected chi connectivity index (χ3v) is 5.21. The fourth-order valence-electron chi connectivity index (χ4n) is 3.57. The molecule has 30 heavy (non-hydrogen) atoms. The largest absolute Gasteiger partial charge is 0.491 e. The molecule has 7 nitrogen and oxygen atoms in total. The van der Waals surface area contributed by atoms with Crippen LogP contribution < -0.4 is 15.6 Å². The number of aromatic nitrogens is 2. The summed E-state index contributed by atoms with van der Waals surface area (Å²) in [5.74, 6) is 0.510. The number of hydrogen-bond acceptors (Lipinski definition) is 5. The average Bonchev–Trinajstić information content (AvgIpc) is 3.26. The summed E-state index contributed by atoms with van der Waals surface area (Å²) in [5.41, 5.74) is 2.17. The van der Waals surface area contributed by atoms with Crippen molar-refractivity contribution in [1.29, 1.82) is 0 Å². The zero-order valence-corrected chi connectivity index (χ0v) is 17.0. The first-order chi connectivity index (χ1) is 14.6. The molecule has 0 aliphatic carbocycles. The second-order valence-corrected chi connectivity index (χ2v) is 7.49. The number of amides is 1. The summed E-state index contributed by atoms with van der Waals surface area (Å²) in [5, 5.41) is 3.42. The Labute approximate surface area is 174 Å². The average molecular weight is 407 g/mol. The lowest BCUT2D eigenvalue weighted by Crippen LogP contribution is -2.23. The molecule has 0 bridgehead atoms. The Morgan fingerprint density at radius 2 is 2.17 bits per heavy atom. The monoisotopic (exact) mass is 407 g/mol. The van der Waals surface area contributed by atoms with Crippen molar-refractivity contribution in [3.63, 3.8) is 0 Å². The highest BCUT2D eigenvalue weighted by molar-refractivity contribution is 5.90. The second-order valence-electron chi connectivity index (χ2n) is 7.49. The van der Waals surface area contributed by atoms with Crippen molar-refractivity contribution < 1.29 is 14.3 Å². The van der Waals surface area contributed by atoms with Crippen LogP contribution in [-0.2, 0) is 16.1 Å². The molecule has 4 rings (SSSR count). The molecule has 0 spiro atoms. The van der Waals surface area contributed by atoms with Gasteiger partial charge in [0.05, 0.1) is 23.3 Å². The number of benzene rings is 2. The minimum Gasteiger partial charge on any atom is -0.491 e. The first-order valence-corrected chi connectivity index (χ1v) is 10.2. The Morgan fingerprint density at radius 1 is 1.30 bits per heavy atom. The van der Waals surface area contributed by atoms with Crippen LogP contribution in [0, 0.1) is 6.92 Å². The normalized spacial score (nSPS) is 16.0. The molecule has 0 saturated carbocycles. The molecular weight excluding hydrogens is 382 g/mol. The van der Waals surface area contributed by atoms with E-state index in [9.17, 15) is 9.59 Å². The van der Waals surface area contributed by atoms with E-state index in [0.29, 0.717) is 28.9 Å². The Hall–Kier alpha value is -3.19. The number of carbonyl (C=O) groups excluding carboxylic acids is 1. The molecular formula is C23H25N3O4. The molecule has 1 aliphatic rings. The predicted molar refractivity (Wildman–Crippen MR) is 115 cm³/mol. The summed E-state index contributed by atoms with van der Waals surface area (Å²) < 4.78 is 12.8. The summed E-state index contributed by atoms with van der Waals surface area (Å²) in [4.78, 5) is 29.4. The van der Waals surface area contributed by atoms with Gasteiger partial charge >= 0.3 is 0 Å². The van der Waals surface area contributed by atoms with Crippen LogP contribution in [0.3, 0.4) is 0 Å². The maximum atomic E-state index is 12.6. The zero-order valence-electron chi connectivity index (χ0n) is 17.0. The first-order valence-electron chi connectivity index (χ1n) is 10.2. The molecule has 0 radical (unpaired) electrons. The van der Waals surface area contributed by atoms with E-state index in [1.807, 2.05) is 37.3 Å². The minimum absolute atomic E-state index is 0.138. The number of para-hydroxylation sites is 1. The van der Waals surface area contributed by atoms with Crippen molar-refractivity contribution in [2.24, 2.45) is 0 Å². The summed E-state index contributed by atoms with van der Waals surface area (Å²) in [6.07, 6.45) is 3.89. The van der Waals surface area contributed by atoms with Crippen molar-refractivity contribution in [2.45, 2.75) is 38.8 Å². The van der Waals surface area contributed by atoms with E-state index >= 15 is 0 Å². The van der Waals surface area contributed by atoms with Crippen LogP contribution >= 0.6 is 0 Å². The molecule has 1 N–H and O–H groups in total. The highest BCUT2D eigenvalue weighted by Crippen LogP contribution is 2.20. The van der Waals surface area contributed by atoms with Crippen LogP contribution in [0.5, 0.6) is 5.75 Å². The Bertz CT molecular complexity index is 1100. The molecule has 2 heterocycles. The number of nitrogens with zero attached hydrogens (tertiary/aromatic N) is 2. The van der Waals surface area contributed by atoms with Gasteiger partial charge in [-0.05, 0) is 43.5 Å². The fraction of sp³-hybridized carbons (Fsp3) is 0.348. The van der Waals surface area contributed by atoms with Gasteiger partial charge in [0.1, 0.15) is 12.4 Å². The van der Waals surface area contributed by atoms with Gasteiger partial charge in [0.25, 0.3) is 5.56 Å². The van der Waals surface area contributed by atoms with Crippen LogP contribution in [0.4, 0.5) is 5.69 Å². The van der Waals surface area contributed by atoms with Gasteiger partial charge < -0.3 is 14.8 Å². The van der Waals surface area contributed by atoms with E-state index in [1.165, 1.54) is 10.9 Å². The summed E-state index contributed by atoms with van der Waals surface area (Å²) in [7, 11) is 0. The van der Waals surface area contributed by atoms with E-state index in [4.69, 9.17) is 9.47 Å². The lowest BCUT2D eigenvalue weighted by molar-refractivity contribution is -0.116. The van der Waals surface area contributed by atoms with Crippen molar-refractivity contribution >= 4 is 22.5 Å². The molecule has 156 valence electrons. The SMILES string of the molecule is Cc1cccc2c(=O)n(CCC(=O)Nc3cccc(OC[C@H]4CCCO4)c3)cnc12. The standard InChI is InChI=1S/C23H25N3O4/c1-16-5-2-9-20-22(16)24-15-26(23(20)28)11-10-21(27)25-17-6-3-7-18(13-17)30-14-19-8-4-12-29-19/h2-3,5-7,9,13,15,19H,4,8,10-12,14H2,1H3,(H,25,27)/t19-/m1/s1. The Balaban J connectivity index is 1.35. The lowest BCUT2D eigenvalue weighted by atomic mass is 10.1. The Kier molecular flexibility index (Phi) is 6.09. The molecule has 1 amide bonds. The maximum absolute atomic E-state index is 12.6. The molecule has 1 aromatic heterocycles. The summed E-state index contributed by atoms with van der Waals surface area (Å²) in [6, 6.07) is 12.8. The van der Waals surface area contributed by atoms with Crippen molar-refractivity contribution in [3.05, 3.63) is 64.7 Å². The smallest absolute Gasteiger partial charge is 0.261 e. The van der Waals surface area contributed by atoms with Gasteiger partial charge in [-0.2, -0.15) is 0 Å². The molecule has 1 atom stereocenters. The van der Waals surface area contributed by atoms with E-state index in [2.05, 4.69) is 10.3 Å². The third-order valence-electron chi connectivity index (χ3n) is 5.21. The van der Waals surface area contributed by atoms with Gasteiger partial charge in [-0.1, -0.05) is 18.2 Å². The topological polar surface area (TPSA) is 82.5 Å². The maximum Gasteiger partial charge on any atom is 0.261 e. The lowest BCUT2D eigenvalue weighted by Gasteiger charge is -2.13. The van der Waals surface area contributed by atoms with Gasteiger partial charge in [-0.15, -0.1) is 0 Å². The molecule has 1 fully saturated rings. The summed E-state index contributed by atoms with van der Waals surface area (Å²) in [6.45, 7) is 3.48. The van der Waals surface area contributed by atoms with Crippen molar-refractivity contribution in [2.75, 3.05) is 18.5 Å². The molecule has 3 aromatic rings. The van der Waals surface area contributed by atoms with Gasteiger partial charge in [0.15, 0.2) is 0 Å². The van der Waals surface area contributed by atoms with Crippen LogP contribution in [0.2, 0.25) is 0 Å². The molecule has 1 aliphatic heterocycles. The number of aryl methyl sites for hydroxylation is 2. The number of carbonyl (C=O) groups is 1. The number of hydrogen-bond donors (Lipinski definition) is 1. The summed E-state index contributed by atoms with van der Waals surface area (Å²) >= 11 is 0. The van der Waals surface area contributed by atoms with E-state index in [-0.39, 0.29) is 30.5 Å². The van der Waals surface area contributed by atoms with Crippen LogP contribution in [0.15, 0.2) is 53.6 Å². The number of fused-ring (bicyclic) bond motifs is 1. The van der Waals surface area contributed by atoms with E-state index < -0.39 is 0 Å². The van der Waals surface area contributed by atoms with Crippen LogP contribution in [-0.4, -0.2) is 34.8 Å². The molecule has 2 aromatic carbocycles. The van der Waals surface area contributed by atoms with Gasteiger partial charge in [-0.3, -0.25) is 14.2 Å². The molecule has 7 heteroatoms. The van der Waals surface area contributed by atoms with E-state index in [0.717, 1.165) is 25.0 Å². The van der Waals surface area contributed by atoms with E-state index in [1.54, 1.807) is 12.1 Å². The third kappa shape index (κ3) is 4.68. The highest BCUT2D eigenvalue weighted by Gasteiger charge is 2.16. The molecule has 1 saturated heterocycles. The quantitative estimate of drug-likeness (QED) is 0.650. The van der Waals surface area contributed by atoms with Crippen molar-refractivity contribution in [3.8, 4) is 5.75 Å². The fourth-order valence-corrected chi connectivity index (χ4v) is 3.57. The van der Waals surface area contributed by atoms with Crippen LogP contribution in [0.25, 0.3) is 10.9 Å². The zero-order chi connectivity index (χ0) is 20.9. The first kappa shape index (κ1) is 20.1. The van der Waals surface area contributed by atoms with Gasteiger partial charge in [0, 0.05) is 31.3 Å². The highest BCUT2D eigenvalue weighted by atomic mass is 16.5. The number of ether oxygens (including phenoxy) is 2. The van der Waals surface area contributed by atoms with Gasteiger partial charge in [-0.25, -0.2) is 4.98 Å². The Morgan fingerprint density at radius 3 is 3.00 bits per heavy atom. The van der Waals surface area contributed by atoms with Gasteiger partial charge in [0.2, 0.25) is 5.91 Å². The molecule has 0 unspecified atom stereocenters. The number of anilines is 1. The predicted octanol–water partition coefficient (Wildman–Crippen LogP) is 3.29. The second kappa shape index (κ2) is 9.09. The number of nitrogens with one attached hydrogen (secondary N) is 1. The number of rotatable bonds is 7. The minimum atomic E-state index is -0.178.